The molecular formula is C30H38Br2N2O4. The van der Waals surface area contributed by atoms with Crippen LogP contribution in [0.4, 0.5) is 9.59 Å². The number of rotatable bonds is 11. The van der Waals surface area contributed by atoms with Crippen molar-refractivity contribution in [2.24, 2.45) is 5.92 Å². The van der Waals surface area contributed by atoms with E-state index in [0.717, 1.165) is 33.4 Å². The van der Waals surface area contributed by atoms with Gasteiger partial charge in [-0.3, -0.25) is 0 Å². The summed E-state index contributed by atoms with van der Waals surface area (Å²) in [7, 11) is 0. The van der Waals surface area contributed by atoms with Crippen molar-refractivity contribution in [3.05, 3.63) is 83.9 Å². The average molecular weight is 650 g/mol. The van der Waals surface area contributed by atoms with Crippen LogP contribution >= 0.6 is 31.9 Å². The summed E-state index contributed by atoms with van der Waals surface area (Å²) in [5, 5.41) is 5.81. The van der Waals surface area contributed by atoms with Gasteiger partial charge in [0.05, 0.1) is 14.8 Å². The summed E-state index contributed by atoms with van der Waals surface area (Å²) in [6.45, 7) is 19.5. The zero-order chi connectivity index (χ0) is 28.7. The molecule has 0 aromatic heterocycles. The van der Waals surface area contributed by atoms with Gasteiger partial charge in [-0.1, -0.05) is 98.6 Å². The summed E-state index contributed by atoms with van der Waals surface area (Å²) in [6.07, 6.45) is -1.13. The van der Waals surface area contributed by atoms with Crippen LogP contribution in [0.15, 0.2) is 61.7 Å². The number of alkyl carbamates (subject to hydrolysis) is 2. The highest BCUT2D eigenvalue weighted by Crippen LogP contribution is 2.26. The lowest BCUT2D eigenvalue weighted by Crippen LogP contribution is -2.43. The predicted molar refractivity (Wildman–Crippen MR) is 162 cm³/mol. The molecule has 2 aromatic rings. The third-order valence-corrected chi connectivity index (χ3v) is 7.71. The van der Waals surface area contributed by atoms with Crippen molar-refractivity contribution >= 4 is 55.2 Å². The van der Waals surface area contributed by atoms with E-state index < -0.39 is 23.3 Å². The van der Waals surface area contributed by atoms with Crippen molar-refractivity contribution in [3.8, 4) is 0 Å². The molecule has 0 heterocycles. The van der Waals surface area contributed by atoms with Crippen LogP contribution in [-0.4, -0.2) is 29.1 Å². The Morgan fingerprint density at radius 1 is 0.789 bits per heavy atom. The molecule has 0 spiro atoms. The van der Waals surface area contributed by atoms with Crippen LogP contribution in [0.3, 0.4) is 0 Å². The molecule has 38 heavy (non-hydrogen) atoms. The molecule has 8 heteroatoms. The molecule has 0 aliphatic carbocycles. The lowest BCUT2D eigenvalue weighted by Gasteiger charge is -2.28. The Kier molecular flexibility index (Phi) is 11.2. The Morgan fingerprint density at radius 2 is 1.26 bits per heavy atom. The van der Waals surface area contributed by atoms with E-state index in [0.29, 0.717) is 0 Å². The number of amides is 2. The minimum atomic E-state index is -0.662. The third-order valence-electron chi connectivity index (χ3n) is 6.22. The van der Waals surface area contributed by atoms with Gasteiger partial charge in [0.25, 0.3) is 0 Å². The quantitative estimate of drug-likeness (QED) is 0.241. The second-order valence-corrected chi connectivity index (χ2v) is 13.7. The van der Waals surface area contributed by atoms with Gasteiger partial charge in [0.2, 0.25) is 0 Å². The molecule has 6 nitrogen and oxygen atoms in total. The van der Waals surface area contributed by atoms with Gasteiger partial charge < -0.3 is 20.1 Å². The molecule has 0 saturated carbocycles. The van der Waals surface area contributed by atoms with Crippen LogP contribution in [0.25, 0.3) is 11.1 Å². The normalized spacial score (nSPS) is 12.4. The Hall–Kier alpha value is -2.58. The first kappa shape index (κ1) is 31.6. The molecule has 0 aliphatic rings. The molecule has 0 bridgehead atoms. The second-order valence-electron chi connectivity index (χ2n) is 10.5. The first-order valence-electron chi connectivity index (χ1n) is 12.3. The Morgan fingerprint density at radius 3 is 1.71 bits per heavy atom. The van der Waals surface area contributed by atoms with Gasteiger partial charge in [0.15, 0.2) is 0 Å². The highest BCUT2D eigenvalue weighted by molar-refractivity contribution is 9.24. The molecule has 206 valence electrons. The predicted octanol–water partition coefficient (Wildman–Crippen LogP) is 8.11. The minimum Gasteiger partial charge on any atom is -0.449 e. The lowest BCUT2D eigenvalue weighted by molar-refractivity contribution is 0.0843. The molecule has 1 atom stereocenters. The van der Waals surface area contributed by atoms with Gasteiger partial charge >= 0.3 is 12.2 Å². The molecule has 2 N–H and O–H groups in total. The van der Waals surface area contributed by atoms with E-state index in [1.54, 1.807) is 0 Å². The molecular weight excluding hydrogens is 612 g/mol. The maximum atomic E-state index is 12.6. The summed E-state index contributed by atoms with van der Waals surface area (Å²) < 4.78 is 10.7. The fourth-order valence-electron chi connectivity index (χ4n) is 3.63. The van der Waals surface area contributed by atoms with Crippen molar-refractivity contribution in [1.82, 2.24) is 10.6 Å². The molecule has 1 unspecified atom stereocenters. The van der Waals surface area contributed by atoms with E-state index in [-0.39, 0.29) is 22.9 Å². The largest absolute Gasteiger partial charge is 0.449 e. The van der Waals surface area contributed by atoms with E-state index in [2.05, 4.69) is 55.7 Å². The first-order valence-corrected chi connectivity index (χ1v) is 14.2. The zero-order valence-electron chi connectivity index (χ0n) is 23.0. The summed E-state index contributed by atoms with van der Waals surface area (Å²) in [5.74, 6) is -0.320. The van der Waals surface area contributed by atoms with Gasteiger partial charge in [0.1, 0.15) is 13.2 Å². The summed E-state index contributed by atoms with van der Waals surface area (Å²) in [5.41, 5.74) is 4.54. The Labute approximate surface area is 243 Å². The number of halogens is 2. The van der Waals surface area contributed by atoms with Gasteiger partial charge in [-0.05, 0) is 69.9 Å². The monoisotopic (exact) mass is 648 g/mol. The van der Waals surface area contributed by atoms with Crippen molar-refractivity contribution < 1.29 is 19.1 Å². The zero-order valence-corrected chi connectivity index (χ0v) is 26.2. The SMILES string of the molecule is C=C(C)c1ccc(C(C)(C)NC(=O)OCC(COC(=O)NC(C)(C)c2cccc(C(=C)C)c2)C(Br)Br)cc1. The van der Waals surface area contributed by atoms with E-state index >= 15 is 0 Å². The molecule has 0 aliphatic heterocycles. The molecule has 0 radical (unpaired) electrons. The van der Waals surface area contributed by atoms with Crippen molar-refractivity contribution in [3.63, 3.8) is 0 Å². The summed E-state index contributed by atoms with van der Waals surface area (Å²) in [4.78, 5) is 25.2. The number of alkyl halides is 2. The van der Waals surface area contributed by atoms with Crippen LogP contribution in [0.2, 0.25) is 0 Å². The second kappa shape index (κ2) is 13.5. The fraction of sp³-hybridized carbons (Fsp3) is 0.400. The van der Waals surface area contributed by atoms with Crippen molar-refractivity contribution in [2.45, 2.75) is 56.4 Å². The van der Waals surface area contributed by atoms with Gasteiger partial charge in [-0.15, -0.1) is 0 Å². The topological polar surface area (TPSA) is 76.7 Å². The highest BCUT2D eigenvalue weighted by Gasteiger charge is 2.28. The molecule has 0 saturated heterocycles. The number of allylic oxidation sites excluding steroid dienone is 2. The first-order chi connectivity index (χ1) is 17.6. The number of hydrogen-bond acceptors (Lipinski definition) is 4. The number of nitrogens with one attached hydrogen (secondary N) is 2. The Bertz CT molecular complexity index is 1160. The van der Waals surface area contributed by atoms with Gasteiger partial charge in [-0.25, -0.2) is 9.59 Å². The minimum absolute atomic E-state index is 0.0356. The fourth-order valence-corrected chi connectivity index (χ4v) is 4.24. The number of benzene rings is 2. The molecule has 2 aromatic carbocycles. The highest BCUT2D eigenvalue weighted by atomic mass is 79.9. The van der Waals surface area contributed by atoms with Crippen molar-refractivity contribution in [2.75, 3.05) is 13.2 Å². The average Bonchev–Trinajstić information content (AvgIpc) is 2.83. The Balaban J connectivity index is 1.91. The van der Waals surface area contributed by atoms with Crippen LogP contribution in [0.5, 0.6) is 0 Å². The van der Waals surface area contributed by atoms with Crippen molar-refractivity contribution in [1.29, 1.82) is 0 Å². The summed E-state index contributed by atoms with van der Waals surface area (Å²) in [6, 6.07) is 15.7. The van der Waals surface area contributed by atoms with Crippen LogP contribution in [0, 0.1) is 5.92 Å². The third kappa shape index (κ3) is 9.31. The number of carbonyl (C=O) groups excluding carboxylic acids is 2. The number of hydrogen-bond donors (Lipinski definition) is 2. The van der Waals surface area contributed by atoms with Gasteiger partial charge in [-0.2, -0.15) is 0 Å². The smallest absolute Gasteiger partial charge is 0.407 e. The van der Waals surface area contributed by atoms with Crippen LogP contribution in [0.1, 0.15) is 63.8 Å². The maximum Gasteiger partial charge on any atom is 0.407 e. The standard InChI is InChI=1S/C30H38Br2N2O4/c1-19(2)21-12-14-24(15-13-21)29(5,6)33-27(35)37-17-23(26(31)32)18-38-28(36)34-30(7,8)25-11-9-10-22(16-25)20(3)4/h9-16,23,26H,1,3,17-18H2,2,4-8H3,(H,33,35)(H,34,36). The number of ether oxygens (including phenoxy) is 2. The van der Waals surface area contributed by atoms with E-state index in [1.165, 1.54) is 0 Å². The van der Waals surface area contributed by atoms with E-state index in [9.17, 15) is 9.59 Å². The van der Waals surface area contributed by atoms with Gasteiger partial charge in [0, 0.05) is 5.92 Å². The molecule has 2 amide bonds. The van der Waals surface area contributed by atoms with E-state index in [1.807, 2.05) is 90.1 Å². The summed E-state index contributed by atoms with van der Waals surface area (Å²) >= 11 is 6.91. The van der Waals surface area contributed by atoms with E-state index in [4.69, 9.17) is 9.47 Å². The van der Waals surface area contributed by atoms with Crippen LogP contribution < -0.4 is 10.6 Å². The molecule has 2 rings (SSSR count). The maximum absolute atomic E-state index is 12.6. The molecule has 0 fully saturated rings. The van der Waals surface area contributed by atoms with Crippen LogP contribution in [-0.2, 0) is 20.6 Å². The lowest BCUT2D eigenvalue weighted by atomic mass is 9.92. The number of carbonyl (C=O) groups is 2.